The van der Waals surface area contributed by atoms with E-state index in [1.807, 2.05) is 30.3 Å². The second-order valence-corrected chi connectivity index (χ2v) is 4.64. The average molecular weight is 262 g/mol. The Labute approximate surface area is 114 Å². The number of para-hydroxylation sites is 1. The molecule has 4 rings (SSSR count). The minimum absolute atomic E-state index is 0.142. The van der Waals surface area contributed by atoms with Crippen molar-refractivity contribution in [3.8, 4) is 0 Å². The smallest absolute Gasteiger partial charge is 0.208 e. The lowest BCUT2D eigenvalue weighted by Gasteiger charge is -2.16. The van der Waals surface area contributed by atoms with Crippen LogP contribution in [0.2, 0.25) is 0 Å². The highest BCUT2D eigenvalue weighted by atomic mass is 16.5. The maximum atomic E-state index is 12.1. The summed E-state index contributed by atoms with van der Waals surface area (Å²) in [5, 5.41) is 2.77. The van der Waals surface area contributed by atoms with Crippen molar-refractivity contribution in [2.24, 2.45) is 0 Å². The van der Waals surface area contributed by atoms with Crippen LogP contribution in [0, 0.1) is 0 Å². The average Bonchev–Trinajstić information content (AvgIpc) is 2.50. The van der Waals surface area contributed by atoms with Gasteiger partial charge in [-0.1, -0.05) is 18.2 Å². The second-order valence-electron chi connectivity index (χ2n) is 4.64. The molecule has 0 unspecified atom stereocenters. The van der Waals surface area contributed by atoms with E-state index in [1.54, 1.807) is 13.3 Å². The first kappa shape index (κ1) is 11.1. The van der Waals surface area contributed by atoms with E-state index in [1.165, 1.54) is 6.08 Å². The standard InChI is InChI=1S/C16H10N2O2/c1-20-13-8-12(19)15-14-10(6-7-17-15)9-4-2-3-5-11(9)18-16(13)14/h2-8H,1H3. The van der Waals surface area contributed by atoms with Gasteiger partial charge in [0, 0.05) is 23.0 Å². The zero-order chi connectivity index (χ0) is 13.7. The van der Waals surface area contributed by atoms with Gasteiger partial charge in [0.1, 0.15) is 17.1 Å². The lowest BCUT2D eigenvalue weighted by Crippen LogP contribution is -2.10. The largest absolute Gasteiger partial charge is 0.494 e. The van der Waals surface area contributed by atoms with Crippen LogP contribution >= 0.6 is 0 Å². The molecule has 20 heavy (non-hydrogen) atoms. The van der Waals surface area contributed by atoms with Crippen LogP contribution in [-0.2, 0) is 4.74 Å². The number of nitrogens with zero attached hydrogens (tertiary/aromatic N) is 2. The first-order chi connectivity index (χ1) is 9.79. The number of methoxy groups -OCH3 is 1. The van der Waals surface area contributed by atoms with Crippen LogP contribution in [0.3, 0.4) is 0 Å². The van der Waals surface area contributed by atoms with E-state index >= 15 is 0 Å². The van der Waals surface area contributed by atoms with E-state index in [-0.39, 0.29) is 5.78 Å². The minimum atomic E-state index is -0.142. The molecule has 3 aromatic rings. The molecule has 0 atom stereocenters. The Morgan fingerprint density at radius 3 is 2.75 bits per heavy atom. The highest BCUT2D eigenvalue weighted by molar-refractivity contribution is 6.23. The number of rotatable bonds is 1. The Kier molecular flexibility index (Phi) is 2.15. The zero-order valence-corrected chi connectivity index (χ0v) is 10.8. The number of aromatic nitrogens is 2. The zero-order valence-electron chi connectivity index (χ0n) is 10.8. The number of pyridine rings is 2. The van der Waals surface area contributed by atoms with Crippen molar-refractivity contribution in [3.05, 3.63) is 54.0 Å². The number of carbonyl (C=O) groups is 1. The predicted molar refractivity (Wildman–Crippen MR) is 76.4 cm³/mol. The summed E-state index contributed by atoms with van der Waals surface area (Å²) >= 11 is 0. The highest BCUT2D eigenvalue weighted by Crippen LogP contribution is 2.34. The molecule has 0 radical (unpaired) electrons. The molecular weight excluding hydrogens is 252 g/mol. The van der Waals surface area contributed by atoms with Gasteiger partial charge in [0.15, 0.2) is 0 Å². The van der Waals surface area contributed by atoms with Gasteiger partial charge < -0.3 is 4.74 Å². The third kappa shape index (κ3) is 1.33. The molecule has 0 amide bonds. The SMILES string of the molecule is COC1=CC(=O)c2nccc3c2c1nc1ccccc13. The number of hydrogen-bond donors (Lipinski definition) is 0. The number of fused-ring (bicyclic) bond motifs is 2. The van der Waals surface area contributed by atoms with Crippen LogP contribution in [0.4, 0.5) is 0 Å². The molecule has 96 valence electrons. The molecule has 0 N–H and O–H groups in total. The van der Waals surface area contributed by atoms with Crippen molar-refractivity contribution in [2.75, 3.05) is 7.11 Å². The minimum Gasteiger partial charge on any atom is -0.494 e. The number of allylic oxidation sites excluding steroid dienone is 1. The summed E-state index contributed by atoms with van der Waals surface area (Å²) in [6.07, 6.45) is 3.11. The highest BCUT2D eigenvalue weighted by Gasteiger charge is 2.24. The summed E-state index contributed by atoms with van der Waals surface area (Å²) in [5.41, 5.74) is 2.00. The van der Waals surface area contributed by atoms with Crippen molar-refractivity contribution in [1.82, 2.24) is 9.97 Å². The number of ether oxygens (including phenoxy) is 1. The lowest BCUT2D eigenvalue weighted by atomic mass is 9.96. The molecule has 4 nitrogen and oxygen atoms in total. The fraction of sp³-hybridized carbons (Fsp3) is 0.0625. The number of carbonyl (C=O) groups excluding carboxylic acids is 1. The Morgan fingerprint density at radius 1 is 1.05 bits per heavy atom. The van der Waals surface area contributed by atoms with E-state index in [2.05, 4.69) is 9.97 Å². The van der Waals surface area contributed by atoms with Crippen LogP contribution in [0.5, 0.6) is 0 Å². The molecular formula is C16H10N2O2. The maximum absolute atomic E-state index is 12.1. The van der Waals surface area contributed by atoms with Crippen LogP contribution in [0.15, 0.2) is 42.6 Å². The van der Waals surface area contributed by atoms with Crippen molar-refractivity contribution in [3.63, 3.8) is 0 Å². The van der Waals surface area contributed by atoms with Crippen LogP contribution in [-0.4, -0.2) is 22.9 Å². The van der Waals surface area contributed by atoms with Crippen LogP contribution in [0.25, 0.3) is 27.4 Å². The molecule has 1 aliphatic rings. The third-order valence-corrected chi connectivity index (χ3v) is 3.56. The Bertz CT molecular complexity index is 913. The number of benzene rings is 1. The van der Waals surface area contributed by atoms with E-state index in [4.69, 9.17) is 4.74 Å². The monoisotopic (exact) mass is 262 g/mol. The summed E-state index contributed by atoms with van der Waals surface area (Å²) in [5.74, 6) is 0.350. The van der Waals surface area contributed by atoms with Gasteiger partial charge in [0.25, 0.3) is 0 Å². The van der Waals surface area contributed by atoms with Crippen molar-refractivity contribution in [2.45, 2.75) is 0 Å². The molecule has 0 aliphatic heterocycles. The summed E-state index contributed by atoms with van der Waals surface area (Å²) in [6, 6.07) is 9.78. The predicted octanol–water partition coefficient (Wildman–Crippen LogP) is 2.97. The van der Waals surface area contributed by atoms with E-state index < -0.39 is 0 Å². The number of ketones is 1. The summed E-state index contributed by atoms with van der Waals surface area (Å²) in [4.78, 5) is 21.0. The summed E-state index contributed by atoms with van der Waals surface area (Å²) in [6.45, 7) is 0. The molecule has 1 aromatic carbocycles. The van der Waals surface area contributed by atoms with Gasteiger partial charge in [-0.15, -0.1) is 0 Å². The first-order valence-electron chi connectivity index (χ1n) is 6.27. The molecule has 2 aromatic heterocycles. The van der Waals surface area contributed by atoms with Crippen molar-refractivity contribution in [1.29, 1.82) is 0 Å². The van der Waals surface area contributed by atoms with Gasteiger partial charge >= 0.3 is 0 Å². The van der Waals surface area contributed by atoms with Crippen molar-refractivity contribution >= 4 is 33.2 Å². The second kappa shape index (κ2) is 3.87. The molecule has 2 heterocycles. The van der Waals surface area contributed by atoms with Crippen molar-refractivity contribution < 1.29 is 9.53 Å². The fourth-order valence-corrected chi connectivity index (χ4v) is 2.68. The van der Waals surface area contributed by atoms with Gasteiger partial charge in [-0.2, -0.15) is 0 Å². The van der Waals surface area contributed by atoms with E-state index in [0.717, 1.165) is 21.7 Å². The van der Waals surface area contributed by atoms with Crippen LogP contribution in [0.1, 0.15) is 16.2 Å². The van der Waals surface area contributed by atoms with Gasteiger partial charge in [0.2, 0.25) is 5.78 Å². The molecule has 0 bridgehead atoms. The van der Waals surface area contributed by atoms with E-state index in [9.17, 15) is 4.79 Å². The third-order valence-electron chi connectivity index (χ3n) is 3.56. The molecule has 4 heteroatoms. The maximum Gasteiger partial charge on any atom is 0.208 e. The van der Waals surface area contributed by atoms with Gasteiger partial charge in [0.05, 0.1) is 12.6 Å². The summed E-state index contributed by atoms with van der Waals surface area (Å²) < 4.78 is 5.31. The van der Waals surface area contributed by atoms with Gasteiger partial charge in [-0.25, -0.2) is 4.98 Å². The van der Waals surface area contributed by atoms with E-state index in [0.29, 0.717) is 17.1 Å². The van der Waals surface area contributed by atoms with Gasteiger partial charge in [-0.3, -0.25) is 9.78 Å². The molecule has 0 saturated heterocycles. The Hall–Kier alpha value is -2.75. The Balaban J connectivity index is 2.29. The van der Waals surface area contributed by atoms with Gasteiger partial charge in [-0.05, 0) is 17.5 Å². The normalized spacial score (nSPS) is 13.7. The number of hydrogen-bond acceptors (Lipinski definition) is 4. The molecule has 0 saturated carbocycles. The fourth-order valence-electron chi connectivity index (χ4n) is 2.68. The van der Waals surface area contributed by atoms with Crippen LogP contribution < -0.4 is 0 Å². The molecule has 1 aliphatic carbocycles. The molecule has 0 spiro atoms. The lowest BCUT2D eigenvalue weighted by molar-refractivity contribution is 0.104. The topological polar surface area (TPSA) is 52.1 Å². The Morgan fingerprint density at radius 2 is 1.90 bits per heavy atom. The first-order valence-corrected chi connectivity index (χ1v) is 6.27. The molecule has 0 fully saturated rings. The quantitative estimate of drug-likeness (QED) is 0.633. The summed E-state index contributed by atoms with van der Waals surface area (Å²) in [7, 11) is 1.54.